The van der Waals surface area contributed by atoms with Crippen LogP contribution in [0.3, 0.4) is 0 Å². The topological polar surface area (TPSA) is 75.2 Å². The Morgan fingerprint density at radius 2 is 2.09 bits per heavy atom. The molecule has 120 valence electrons. The van der Waals surface area contributed by atoms with Crippen LogP contribution in [0.25, 0.3) is 0 Å². The third kappa shape index (κ3) is 3.74. The largest absolute Gasteiger partial charge is 0.334 e. The van der Waals surface area contributed by atoms with Crippen LogP contribution in [0.1, 0.15) is 18.4 Å². The summed E-state index contributed by atoms with van der Waals surface area (Å²) in [5.74, 6) is -0.575. The Hall–Kier alpha value is -2.70. The van der Waals surface area contributed by atoms with Gasteiger partial charge in [-0.15, -0.1) is 0 Å². The molecule has 1 aromatic heterocycles. The molecule has 2 aromatic rings. The number of benzene rings is 1. The van der Waals surface area contributed by atoms with Crippen LogP contribution in [0, 0.1) is 5.82 Å². The van der Waals surface area contributed by atoms with Gasteiger partial charge in [0.15, 0.2) is 0 Å². The van der Waals surface area contributed by atoms with Gasteiger partial charge in [0.05, 0.1) is 0 Å². The number of aromatic amines is 1. The number of carbonyl (C=O) groups is 1. The molecule has 0 spiro atoms. The van der Waals surface area contributed by atoms with Crippen LogP contribution in [0.5, 0.6) is 0 Å². The van der Waals surface area contributed by atoms with E-state index in [0.717, 1.165) is 17.4 Å². The van der Waals surface area contributed by atoms with E-state index in [-0.39, 0.29) is 24.3 Å². The van der Waals surface area contributed by atoms with E-state index in [1.807, 2.05) is 0 Å². The van der Waals surface area contributed by atoms with E-state index in [2.05, 4.69) is 4.98 Å². The van der Waals surface area contributed by atoms with E-state index in [1.165, 1.54) is 24.4 Å². The lowest BCUT2D eigenvalue weighted by Crippen LogP contribution is -2.39. The van der Waals surface area contributed by atoms with E-state index in [9.17, 15) is 18.8 Å². The molecular weight excluding hydrogens is 301 g/mol. The lowest BCUT2D eigenvalue weighted by atomic mass is 10.2. The number of nitrogens with zero attached hydrogens (tertiary/aromatic N) is 2. The van der Waals surface area contributed by atoms with E-state index in [4.69, 9.17) is 0 Å². The van der Waals surface area contributed by atoms with E-state index < -0.39 is 11.2 Å². The lowest BCUT2D eigenvalue weighted by molar-refractivity contribution is -0.133. The monoisotopic (exact) mass is 317 g/mol. The normalized spacial score (nSPS) is 13.8. The smallest absolute Gasteiger partial charge is 0.328 e. The summed E-state index contributed by atoms with van der Waals surface area (Å²) in [4.78, 5) is 39.0. The number of amides is 1. The summed E-state index contributed by atoms with van der Waals surface area (Å²) in [7, 11) is 0. The first-order valence-corrected chi connectivity index (χ1v) is 7.36. The molecule has 1 aliphatic carbocycles. The van der Waals surface area contributed by atoms with Crippen molar-refractivity contribution in [1.29, 1.82) is 0 Å². The van der Waals surface area contributed by atoms with Crippen molar-refractivity contribution in [1.82, 2.24) is 14.5 Å². The molecule has 23 heavy (non-hydrogen) atoms. The van der Waals surface area contributed by atoms with Crippen molar-refractivity contribution in [3.05, 3.63) is 68.7 Å². The van der Waals surface area contributed by atoms with Crippen LogP contribution < -0.4 is 11.2 Å². The fourth-order valence-corrected chi connectivity index (χ4v) is 2.44. The summed E-state index contributed by atoms with van der Waals surface area (Å²) in [5, 5.41) is 0. The zero-order valence-corrected chi connectivity index (χ0v) is 12.4. The van der Waals surface area contributed by atoms with Crippen molar-refractivity contribution < 1.29 is 9.18 Å². The number of H-pyrrole nitrogens is 1. The first-order chi connectivity index (χ1) is 11.0. The summed E-state index contributed by atoms with van der Waals surface area (Å²) in [6.45, 7) is 0.154. The third-order valence-electron chi connectivity index (χ3n) is 3.75. The van der Waals surface area contributed by atoms with Crippen molar-refractivity contribution in [2.45, 2.75) is 32.0 Å². The molecule has 1 amide bonds. The van der Waals surface area contributed by atoms with Gasteiger partial charge in [-0.05, 0) is 30.5 Å². The molecule has 7 heteroatoms. The minimum atomic E-state index is -0.618. The molecule has 0 saturated heterocycles. The molecule has 1 aromatic carbocycles. The van der Waals surface area contributed by atoms with E-state index >= 15 is 0 Å². The molecule has 0 aliphatic heterocycles. The zero-order valence-electron chi connectivity index (χ0n) is 12.4. The summed E-state index contributed by atoms with van der Waals surface area (Å²) in [6.07, 6.45) is 3.11. The van der Waals surface area contributed by atoms with Gasteiger partial charge >= 0.3 is 5.69 Å². The summed E-state index contributed by atoms with van der Waals surface area (Å²) >= 11 is 0. The van der Waals surface area contributed by atoms with Crippen LogP contribution >= 0.6 is 0 Å². The van der Waals surface area contributed by atoms with Crippen molar-refractivity contribution in [2.24, 2.45) is 0 Å². The Kier molecular flexibility index (Phi) is 4.10. The van der Waals surface area contributed by atoms with Crippen molar-refractivity contribution in [3.8, 4) is 0 Å². The van der Waals surface area contributed by atoms with Crippen LogP contribution in [0.4, 0.5) is 4.39 Å². The maximum Gasteiger partial charge on any atom is 0.328 e. The Balaban J connectivity index is 1.77. The molecule has 1 saturated carbocycles. The van der Waals surface area contributed by atoms with Crippen molar-refractivity contribution >= 4 is 5.91 Å². The van der Waals surface area contributed by atoms with Crippen LogP contribution in [-0.4, -0.2) is 26.4 Å². The number of carbonyl (C=O) groups excluding carboxylic acids is 1. The maximum absolute atomic E-state index is 13.3. The first kappa shape index (κ1) is 15.2. The highest BCUT2D eigenvalue weighted by atomic mass is 19.1. The minimum absolute atomic E-state index is 0.129. The van der Waals surface area contributed by atoms with Gasteiger partial charge in [0.2, 0.25) is 5.91 Å². The number of halogens is 1. The molecule has 1 fully saturated rings. The number of rotatable bonds is 5. The Morgan fingerprint density at radius 3 is 2.74 bits per heavy atom. The van der Waals surface area contributed by atoms with Gasteiger partial charge in [0.1, 0.15) is 12.4 Å². The van der Waals surface area contributed by atoms with Crippen LogP contribution in [0.15, 0.2) is 46.1 Å². The summed E-state index contributed by atoms with van der Waals surface area (Å²) in [5.41, 5.74) is -0.413. The molecule has 1 N–H and O–H groups in total. The molecule has 3 rings (SSSR count). The Bertz CT molecular complexity index is 839. The van der Waals surface area contributed by atoms with Crippen molar-refractivity contribution in [2.75, 3.05) is 0 Å². The fourth-order valence-electron chi connectivity index (χ4n) is 2.44. The molecule has 6 nitrogen and oxygen atoms in total. The minimum Gasteiger partial charge on any atom is -0.334 e. The fraction of sp³-hybridized carbons (Fsp3) is 0.312. The van der Waals surface area contributed by atoms with Gasteiger partial charge in [-0.3, -0.25) is 19.1 Å². The number of hydrogen-bond donors (Lipinski definition) is 1. The lowest BCUT2D eigenvalue weighted by Gasteiger charge is -2.23. The first-order valence-electron chi connectivity index (χ1n) is 7.36. The van der Waals surface area contributed by atoms with Crippen molar-refractivity contribution in [3.63, 3.8) is 0 Å². The highest BCUT2D eigenvalue weighted by molar-refractivity contribution is 5.76. The quantitative estimate of drug-likeness (QED) is 0.889. The van der Waals surface area contributed by atoms with Gasteiger partial charge in [0.25, 0.3) is 5.56 Å². The third-order valence-corrected chi connectivity index (χ3v) is 3.75. The SMILES string of the molecule is O=C(Cn1ccc(=O)[nH]c1=O)N(Cc1cccc(F)c1)C1CC1. The number of hydrogen-bond acceptors (Lipinski definition) is 3. The zero-order chi connectivity index (χ0) is 16.4. The maximum atomic E-state index is 13.3. The average Bonchev–Trinajstić information content (AvgIpc) is 3.32. The average molecular weight is 317 g/mol. The van der Waals surface area contributed by atoms with Gasteiger partial charge in [-0.25, -0.2) is 9.18 Å². The molecular formula is C16H16FN3O3. The molecule has 0 unspecified atom stereocenters. The molecule has 1 aliphatic rings. The second-order valence-electron chi connectivity index (χ2n) is 5.62. The molecule has 0 atom stereocenters. The Morgan fingerprint density at radius 1 is 1.30 bits per heavy atom. The number of aromatic nitrogens is 2. The van der Waals surface area contributed by atoms with Gasteiger partial charge < -0.3 is 4.90 Å². The summed E-state index contributed by atoms with van der Waals surface area (Å²) in [6, 6.07) is 7.44. The Labute approximate surface area is 131 Å². The second-order valence-corrected chi connectivity index (χ2v) is 5.62. The molecule has 1 heterocycles. The van der Waals surface area contributed by atoms with E-state index in [1.54, 1.807) is 17.0 Å². The standard InChI is InChI=1S/C16H16FN3O3/c17-12-3-1-2-11(8-12)9-20(13-4-5-13)15(22)10-19-7-6-14(21)18-16(19)23/h1-3,6-8,13H,4-5,9-10H2,(H,18,21,23). The van der Waals surface area contributed by atoms with Gasteiger partial charge in [-0.2, -0.15) is 0 Å². The predicted molar refractivity (Wildman–Crippen MR) is 81.3 cm³/mol. The van der Waals surface area contributed by atoms with Crippen LogP contribution in [0.2, 0.25) is 0 Å². The van der Waals surface area contributed by atoms with Crippen LogP contribution in [-0.2, 0) is 17.9 Å². The number of nitrogens with one attached hydrogen (secondary N) is 1. The van der Waals surface area contributed by atoms with E-state index in [0.29, 0.717) is 12.1 Å². The van der Waals surface area contributed by atoms with Gasteiger partial charge in [0, 0.05) is 24.8 Å². The molecule has 0 bridgehead atoms. The predicted octanol–water partition coefficient (Wildman–Crippen LogP) is 0.867. The molecule has 0 radical (unpaired) electrons. The highest BCUT2D eigenvalue weighted by Gasteiger charge is 2.32. The summed E-state index contributed by atoms with van der Waals surface area (Å²) < 4.78 is 14.4. The second kappa shape index (κ2) is 6.20. The highest BCUT2D eigenvalue weighted by Crippen LogP contribution is 2.28. The van der Waals surface area contributed by atoms with Gasteiger partial charge in [-0.1, -0.05) is 12.1 Å².